The molecule has 6 aliphatic heterocycles. The summed E-state index contributed by atoms with van der Waals surface area (Å²) in [5.74, 6) is -42.8. The van der Waals surface area contributed by atoms with Gasteiger partial charge in [-0.2, -0.15) is 0 Å². The van der Waals surface area contributed by atoms with Gasteiger partial charge in [0.2, 0.25) is 28.7 Å². The molecule has 0 aromatic heterocycles. The zero-order chi connectivity index (χ0) is 63.6. The SMILES string of the molecule is O=C1OC[C@H]2OC(=O)c3cc(O)c(O)c(O)c3-c3c(O)c(O)c(O)c4c3C(=O)O[C@H]([C@@H]3OC(=O)c5c-4c(O)c(O)c(O)c5[C@@H]3c3c(O)cc(O)c4c3O[C@H](c3cc(O)c(O)c(O)c3)[C@@H](O)C4)[C@@H]2OC(=O)c2cc(O)c(O)c(O)c2-c2c1cc(O)c(O)c2O. The van der Waals surface area contributed by atoms with Crippen molar-refractivity contribution in [2.75, 3.05) is 6.61 Å². The lowest BCUT2D eigenvalue weighted by Crippen LogP contribution is -2.56. The van der Waals surface area contributed by atoms with Gasteiger partial charge in [0.15, 0.2) is 105 Å². The topological polar surface area (TPSA) is 566 Å². The fourth-order valence-electron chi connectivity index (χ4n) is 11.6. The van der Waals surface area contributed by atoms with Gasteiger partial charge in [0.1, 0.15) is 23.9 Å². The lowest BCUT2D eigenvalue weighted by Gasteiger charge is -2.43. The molecule has 0 unspecified atom stereocenters. The minimum Gasteiger partial charge on any atom is -0.507 e. The average molecular weight is 1220 g/mol. The number of aliphatic hydroxyl groups excluding tert-OH is 1. The van der Waals surface area contributed by atoms with Crippen LogP contribution in [0.5, 0.6) is 121 Å². The molecule has 13 rings (SSSR count). The third-order valence-corrected chi connectivity index (χ3v) is 15.6. The van der Waals surface area contributed by atoms with E-state index < -0.39 is 284 Å². The van der Waals surface area contributed by atoms with Gasteiger partial charge in [-0.3, -0.25) is 0 Å². The molecule has 32 heteroatoms. The molecule has 7 aromatic rings. The summed E-state index contributed by atoms with van der Waals surface area (Å²) in [6.45, 7) is -1.66. The van der Waals surface area contributed by atoms with E-state index in [1.54, 1.807) is 0 Å². The van der Waals surface area contributed by atoms with E-state index in [4.69, 9.17) is 28.4 Å². The Morgan fingerprint density at radius 2 is 0.750 bits per heavy atom. The number of esters is 5. The lowest BCUT2D eigenvalue weighted by atomic mass is 9.73. The van der Waals surface area contributed by atoms with E-state index in [0.29, 0.717) is 12.1 Å². The van der Waals surface area contributed by atoms with E-state index in [1.165, 1.54) is 0 Å². The highest BCUT2D eigenvalue weighted by Crippen LogP contribution is 2.65. The molecular weight excluding hydrogens is 1180 g/mol. The molecule has 454 valence electrons. The van der Waals surface area contributed by atoms with Crippen molar-refractivity contribution in [3.63, 3.8) is 0 Å². The van der Waals surface area contributed by atoms with E-state index in [0.717, 1.165) is 12.1 Å². The molecule has 6 aliphatic rings. The summed E-state index contributed by atoms with van der Waals surface area (Å²) in [4.78, 5) is 76.2. The number of rotatable bonds is 2. The number of carbonyl (C=O) groups excluding carboxylic acids is 5. The highest BCUT2D eigenvalue weighted by molar-refractivity contribution is 6.17. The van der Waals surface area contributed by atoms with E-state index in [9.17, 15) is 112 Å². The molecule has 21 N–H and O–H groups in total. The second-order valence-electron chi connectivity index (χ2n) is 20.4. The molecule has 0 saturated carbocycles. The second kappa shape index (κ2) is 19.1. The third kappa shape index (κ3) is 7.70. The van der Waals surface area contributed by atoms with Gasteiger partial charge in [-0.15, -0.1) is 0 Å². The van der Waals surface area contributed by atoms with Crippen molar-refractivity contribution in [2.24, 2.45) is 0 Å². The first-order chi connectivity index (χ1) is 41.5. The Kier molecular flexibility index (Phi) is 12.2. The van der Waals surface area contributed by atoms with Gasteiger partial charge in [-0.25, -0.2) is 24.0 Å². The maximum absolute atomic E-state index is 15.9. The molecule has 0 radical (unpaired) electrons. The molecule has 7 atom stereocenters. The first-order valence-electron chi connectivity index (χ1n) is 25.1. The maximum Gasteiger partial charge on any atom is 0.340 e. The fraction of sp³-hybridized carbons (Fsp3) is 0.161. The Bertz CT molecular complexity index is 4390. The van der Waals surface area contributed by atoms with Crippen molar-refractivity contribution in [3.05, 3.63) is 86.5 Å². The minimum atomic E-state index is -3.05. The summed E-state index contributed by atoms with van der Waals surface area (Å²) in [5, 5.41) is 238. The van der Waals surface area contributed by atoms with Gasteiger partial charge in [0, 0.05) is 68.1 Å². The van der Waals surface area contributed by atoms with Gasteiger partial charge in [0.25, 0.3) is 0 Å². The van der Waals surface area contributed by atoms with Gasteiger partial charge >= 0.3 is 29.8 Å². The number of cyclic esters (lactones) is 1. The number of fused-ring (bicyclic) bond motifs is 8. The van der Waals surface area contributed by atoms with Crippen LogP contribution in [-0.2, 0) is 30.1 Å². The maximum atomic E-state index is 15.9. The largest absolute Gasteiger partial charge is 0.507 e. The standard InChI is InChI=1S/C56H38O32/c57-14-7-15(58)26(48-10(14)3-21(64)47(85-48)9-1-16(59)34(65)17(60)2-9)31-30-33-29(43(74)46(77)44(30)75)28-32-27(41(72)45(76)42(28)73)25-13(6-20(63)37(68)40(25)71)53(79)84-22-8-83-52(78)11-4-18(61)35(66)38(69)23(11)24-12(5-19(62)36(67)39(24)70)54(80)86-49(22)51(88-56(32)82)50(31)87-55(33)81/h1-2,4-7,21-22,31,47,49-51,57-77H,3,8H2/t21-,22+,31-,47+,49+,50+,51-/m0/s1. The van der Waals surface area contributed by atoms with Crippen molar-refractivity contribution >= 4 is 29.8 Å². The van der Waals surface area contributed by atoms with Crippen molar-refractivity contribution in [1.29, 1.82) is 0 Å². The van der Waals surface area contributed by atoms with Crippen LogP contribution in [0.15, 0.2) is 36.4 Å². The van der Waals surface area contributed by atoms with Crippen LogP contribution in [-0.4, -0.2) is 174 Å². The van der Waals surface area contributed by atoms with Crippen LogP contribution in [0.1, 0.15) is 86.1 Å². The van der Waals surface area contributed by atoms with Crippen LogP contribution in [0.25, 0.3) is 33.4 Å². The summed E-state index contributed by atoms with van der Waals surface area (Å²) in [7, 11) is 0. The molecular formula is C56H38O32. The quantitative estimate of drug-likeness (QED) is 0.0672. The van der Waals surface area contributed by atoms with Crippen LogP contribution in [0.4, 0.5) is 0 Å². The number of ether oxygens (including phenoxy) is 6. The normalized spacial score (nSPS) is 20.8. The molecule has 6 heterocycles. The van der Waals surface area contributed by atoms with Crippen molar-refractivity contribution in [2.45, 2.75) is 49.0 Å². The first-order valence-corrected chi connectivity index (χ1v) is 25.1. The number of phenolic OH excluding ortho intramolecular Hbond substituents is 20. The molecule has 88 heavy (non-hydrogen) atoms. The molecule has 0 aliphatic carbocycles. The van der Waals surface area contributed by atoms with Crippen LogP contribution in [0, 0.1) is 0 Å². The summed E-state index contributed by atoms with van der Waals surface area (Å²) in [6.07, 6.45) is -16.2. The summed E-state index contributed by atoms with van der Waals surface area (Å²) in [5.41, 5.74) is -18.0. The lowest BCUT2D eigenvalue weighted by molar-refractivity contribution is -0.135. The molecule has 0 amide bonds. The van der Waals surface area contributed by atoms with Gasteiger partial charge in [-0.1, -0.05) is 0 Å². The number of phenols is 20. The Morgan fingerprint density at radius 3 is 1.30 bits per heavy atom. The zero-order valence-corrected chi connectivity index (χ0v) is 43.3. The monoisotopic (exact) mass is 1220 g/mol. The van der Waals surface area contributed by atoms with E-state index >= 15 is 19.2 Å². The number of carbonyl (C=O) groups is 5. The minimum absolute atomic E-state index is 0.276. The number of hydrogen-bond acceptors (Lipinski definition) is 32. The van der Waals surface area contributed by atoms with Crippen LogP contribution in [0.3, 0.4) is 0 Å². The highest BCUT2D eigenvalue weighted by atomic mass is 16.6. The number of hydrogen-bond donors (Lipinski definition) is 21. The number of benzene rings is 7. The highest BCUT2D eigenvalue weighted by Gasteiger charge is 2.58. The van der Waals surface area contributed by atoms with Crippen LogP contribution >= 0.6 is 0 Å². The Hall–Kier alpha value is -12.4. The average Bonchev–Trinajstić information content (AvgIpc) is 0.868. The summed E-state index contributed by atoms with van der Waals surface area (Å²) in [6, 6.07) is 3.05. The number of aliphatic hydroxyl groups is 1. The van der Waals surface area contributed by atoms with Gasteiger partial charge < -0.3 is 136 Å². The Labute approximate surface area is 484 Å². The first kappa shape index (κ1) is 56.1. The van der Waals surface area contributed by atoms with Crippen LogP contribution < -0.4 is 4.74 Å². The fourth-order valence-corrected chi connectivity index (χ4v) is 11.6. The summed E-state index contributed by atoms with van der Waals surface area (Å²) < 4.78 is 35.7. The molecule has 7 aromatic carbocycles. The molecule has 0 fully saturated rings. The Balaban J connectivity index is 1.24. The predicted octanol–water partition coefficient (Wildman–Crippen LogP) is 2.98. The van der Waals surface area contributed by atoms with Crippen molar-refractivity contribution in [3.8, 4) is 154 Å². The number of aromatic hydroxyl groups is 20. The van der Waals surface area contributed by atoms with Gasteiger partial charge in [-0.05, 0) is 30.3 Å². The smallest absolute Gasteiger partial charge is 0.340 e. The molecule has 0 saturated heterocycles. The summed E-state index contributed by atoms with van der Waals surface area (Å²) >= 11 is 0. The predicted molar refractivity (Wildman–Crippen MR) is 277 cm³/mol. The molecule has 32 nitrogen and oxygen atoms in total. The Morgan fingerprint density at radius 1 is 0.330 bits per heavy atom. The zero-order valence-electron chi connectivity index (χ0n) is 43.3. The van der Waals surface area contributed by atoms with Crippen molar-refractivity contribution < 1.29 is 160 Å². The van der Waals surface area contributed by atoms with E-state index in [1.807, 2.05) is 0 Å². The molecule has 0 spiro atoms. The second-order valence-corrected chi connectivity index (χ2v) is 20.4. The third-order valence-electron chi connectivity index (χ3n) is 15.6. The van der Waals surface area contributed by atoms with E-state index in [2.05, 4.69) is 0 Å². The van der Waals surface area contributed by atoms with Gasteiger partial charge in [0.05, 0.1) is 39.8 Å². The molecule has 6 bridgehead atoms. The van der Waals surface area contributed by atoms with Crippen LogP contribution in [0.2, 0.25) is 0 Å². The van der Waals surface area contributed by atoms with E-state index in [-0.39, 0.29) is 17.7 Å². The van der Waals surface area contributed by atoms with Crippen molar-refractivity contribution in [1.82, 2.24) is 0 Å².